The molecule has 0 aliphatic carbocycles. The minimum Gasteiger partial charge on any atom is -0.461 e. The number of anilines is 1. The highest BCUT2D eigenvalue weighted by atomic mass is 79.9. The van der Waals surface area contributed by atoms with E-state index in [0.29, 0.717) is 21.9 Å². The zero-order valence-corrected chi connectivity index (χ0v) is 19.4. The highest BCUT2D eigenvalue weighted by Gasteiger charge is 2.19. The van der Waals surface area contributed by atoms with Gasteiger partial charge in [0.05, 0.1) is 17.7 Å². The average molecular weight is 504 g/mol. The Balaban J connectivity index is 1.40. The van der Waals surface area contributed by atoms with Crippen molar-refractivity contribution in [3.8, 4) is 22.8 Å². The van der Waals surface area contributed by atoms with E-state index in [1.165, 1.54) is 23.1 Å². The maximum absolute atomic E-state index is 12.4. The van der Waals surface area contributed by atoms with E-state index in [2.05, 4.69) is 36.4 Å². The lowest BCUT2D eigenvalue weighted by atomic mass is 10.2. The zero-order valence-electron chi connectivity index (χ0n) is 16.2. The van der Waals surface area contributed by atoms with Gasteiger partial charge in [0.2, 0.25) is 11.7 Å². The fraction of sp³-hybridized carbons (Fsp3) is 0.200. The number of carbonyl (C=O) groups is 1. The molecule has 0 bridgehead atoms. The molecule has 0 aliphatic heterocycles. The molecule has 0 aliphatic rings. The minimum atomic E-state index is -0.144. The third-order valence-corrected chi connectivity index (χ3v) is 6.37. The molecule has 0 saturated heterocycles. The number of nitrogens with zero attached hydrogens (tertiary/aromatic N) is 4. The van der Waals surface area contributed by atoms with Crippen LogP contribution in [0.5, 0.6) is 0 Å². The summed E-state index contributed by atoms with van der Waals surface area (Å²) in [5.41, 5.74) is 1.83. The van der Waals surface area contributed by atoms with Gasteiger partial charge in [-0.05, 0) is 38.1 Å². The molecule has 154 valence electrons. The molecule has 10 heteroatoms. The molecule has 0 spiro atoms. The third-order valence-electron chi connectivity index (χ3n) is 4.15. The highest BCUT2D eigenvalue weighted by Crippen LogP contribution is 2.29. The molecule has 30 heavy (non-hydrogen) atoms. The molecule has 0 unspecified atom stereocenters. The zero-order chi connectivity index (χ0) is 21.1. The van der Waals surface area contributed by atoms with Gasteiger partial charge in [-0.2, -0.15) is 0 Å². The molecule has 1 aromatic carbocycles. The number of rotatable bonds is 7. The molecule has 7 nitrogen and oxygen atoms in total. The number of halogens is 1. The van der Waals surface area contributed by atoms with Crippen LogP contribution in [0.4, 0.5) is 5.13 Å². The molecule has 1 amide bonds. The van der Waals surface area contributed by atoms with Gasteiger partial charge in [0.15, 0.2) is 16.0 Å². The van der Waals surface area contributed by atoms with E-state index in [9.17, 15) is 4.79 Å². The van der Waals surface area contributed by atoms with Gasteiger partial charge in [0, 0.05) is 21.5 Å². The first kappa shape index (κ1) is 20.8. The predicted molar refractivity (Wildman–Crippen MR) is 123 cm³/mol. The Labute approximate surface area is 190 Å². The average Bonchev–Trinajstić information content (AvgIpc) is 3.47. The molecule has 0 fully saturated rings. The number of carbonyl (C=O) groups excluding carboxylic acids is 1. The van der Waals surface area contributed by atoms with Crippen molar-refractivity contribution in [3.63, 3.8) is 0 Å². The second-order valence-corrected chi connectivity index (χ2v) is 9.35. The van der Waals surface area contributed by atoms with E-state index in [0.717, 1.165) is 15.7 Å². The molecule has 1 N–H and O–H groups in total. The van der Waals surface area contributed by atoms with E-state index in [-0.39, 0.29) is 17.7 Å². The molecule has 0 saturated carbocycles. The Morgan fingerprint density at radius 3 is 2.77 bits per heavy atom. The summed E-state index contributed by atoms with van der Waals surface area (Å²) in [6, 6.07) is 11.7. The lowest BCUT2D eigenvalue weighted by Crippen LogP contribution is -2.15. The number of nitrogens with one attached hydrogen (secondary N) is 1. The third kappa shape index (κ3) is 4.66. The topological polar surface area (TPSA) is 85.8 Å². The van der Waals surface area contributed by atoms with Crippen molar-refractivity contribution in [2.45, 2.75) is 25.0 Å². The largest absolute Gasteiger partial charge is 0.461 e. The summed E-state index contributed by atoms with van der Waals surface area (Å²) in [6.45, 7) is 4.08. The SMILES string of the molecule is CC(C)n1c(SCC(=O)Nc2nc(-c3ccc(Br)cc3)cs2)nnc1-c1ccco1. The number of amides is 1. The number of hydrogen-bond donors (Lipinski definition) is 1. The second kappa shape index (κ2) is 9.15. The Bertz CT molecular complexity index is 1140. The summed E-state index contributed by atoms with van der Waals surface area (Å²) in [4.78, 5) is 17.0. The molecule has 4 aromatic rings. The number of benzene rings is 1. The van der Waals surface area contributed by atoms with E-state index in [4.69, 9.17) is 4.42 Å². The van der Waals surface area contributed by atoms with E-state index in [1.807, 2.05) is 60.2 Å². The monoisotopic (exact) mass is 503 g/mol. The van der Waals surface area contributed by atoms with Gasteiger partial charge in [-0.3, -0.25) is 9.36 Å². The first-order valence-corrected chi connectivity index (χ1v) is 11.8. The fourth-order valence-corrected chi connectivity index (χ4v) is 4.65. The highest BCUT2D eigenvalue weighted by molar-refractivity contribution is 9.10. The Kier molecular flexibility index (Phi) is 6.35. The molecular weight excluding hydrogens is 486 g/mol. The van der Waals surface area contributed by atoms with Crippen molar-refractivity contribution < 1.29 is 9.21 Å². The van der Waals surface area contributed by atoms with Crippen LogP contribution in [-0.2, 0) is 4.79 Å². The van der Waals surface area contributed by atoms with Crippen LogP contribution in [0.25, 0.3) is 22.8 Å². The Hall–Kier alpha value is -2.43. The Morgan fingerprint density at radius 2 is 2.07 bits per heavy atom. The molecule has 0 atom stereocenters. The predicted octanol–water partition coefficient (Wildman–Crippen LogP) is 5.74. The smallest absolute Gasteiger partial charge is 0.236 e. The van der Waals surface area contributed by atoms with Crippen molar-refractivity contribution >= 4 is 50.1 Å². The lowest BCUT2D eigenvalue weighted by Gasteiger charge is -2.12. The number of furan rings is 1. The van der Waals surface area contributed by atoms with Gasteiger partial charge in [-0.25, -0.2) is 4.98 Å². The van der Waals surface area contributed by atoms with Crippen LogP contribution in [0.15, 0.2) is 62.1 Å². The van der Waals surface area contributed by atoms with Gasteiger partial charge in [-0.1, -0.05) is 39.8 Å². The summed E-state index contributed by atoms with van der Waals surface area (Å²) >= 11 is 6.16. The van der Waals surface area contributed by atoms with Crippen LogP contribution < -0.4 is 5.32 Å². The molecule has 4 rings (SSSR count). The quantitative estimate of drug-likeness (QED) is 0.323. The summed E-state index contributed by atoms with van der Waals surface area (Å²) < 4.78 is 8.43. The first-order chi connectivity index (χ1) is 14.5. The van der Waals surface area contributed by atoms with E-state index < -0.39 is 0 Å². The summed E-state index contributed by atoms with van der Waals surface area (Å²) in [5.74, 6) is 1.36. The standard InChI is InChI=1S/C20H18BrN5O2S2/c1-12(2)26-18(16-4-3-9-28-16)24-25-20(26)30-11-17(27)23-19-22-15(10-29-19)13-5-7-14(21)8-6-13/h3-10,12H,11H2,1-2H3,(H,22,23,27). The summed E-state index contributed by atoms with van der Waals surface area (Å²) in [5, 5.41) is 14.5. The van der Waals surface area contributed by atoms with Crippen molar-refractivity contribution in [3.05, 3.63) is 52.5 Å². The number of aromatic nitrogens is 4. The van der Waals surface area contributed by atoms with E-state index >= 15 is 0 Å². The number of thioether (sulfide) groups is 1. The summed E-state index contributed by atoms with van der Waals surface area (Å²) in [6.07, 6.45) is 1.60. The summed E-state index contributed by atoms with van der Waals surface area (Å²) in [7, 11) is 0. The van der Waals surface area contributed by atoms with Crippen molar-refractivity contribution in [2.75, 3.05) is 11.1 Å². The lowest BCUT2D eigenvalue weighted by molar-refractivity contribution is -0.113. The molecule has 0 radical (unpaired) electrons. The second-order valence-electron chi connectivity index (χ2n) is 6.63. The van der Waals surface area contributed by atoms with Gasteiger partial charge in [0.1, 0.15) is 0 Å². The Morgan fingerprint density at radius 1 is 1.27 bits per heavy atom. The van der Waals surface area contributed by atoms with Crippen LogP contribution in [0, 0.1) is 0 Å². The maximum atomic E-state index is 12.4. The number of hydrogen-bond acceptors (Lipinski definition) is 7. The van der Waals surface area contributed by atoms with Crippen molar-refractivity contribution in [1.82, 2.24) is 19.7 Å². The first-order valence-electron chi connectivity index (χ1n) is 9.14. The van der Waals surface area contributed by atoms with Gasteiger partial charge in [-0.15, -0.1) is 21.5 Å². The molecule has 3 heterocycles. The van der Waals surface area contributed by atoms with Crippen LogP contribution in [-0.4, -0.2) is 31.4 Å². The van der Waals surface area contributed by atoms with Crippen LogP contribution in [0.3, 0.4) is 0 Å². The number of thiazole rings is 1. The van der Waals surface area contributed by atoms with Crippen LogP contribution >= 0.6 is 39.0 Å². The maximum Gasteiger partial charge on any atom is 0.236 e. The van der Waals surface area contributed by atoms with Gasteiger partial charge < -0.3 is 9.73 Å². The fourth-order valence-electron chi connectivity index (χ4n) is 2.78. The van der Waals surface area contributed by atoms with Gasteiger partial charge >= 0.3 is 0 Å². The van der Waals surface area contributed by atoms with Crippen LogP contribution in [0.1, 0.15) is 19.9 Å². The van der Waals surface area contributed by atoms with Crippen LogP contribution in [0.2, 0.25) is 0 Å². The van der Waals surface area contributed by atoms with Crippen molar-refractivity contribution in [2.24, 2.45) is 0 Å². The molecular formula is C20H18BrN5O2S2. The minimum absolute atomic E-state index is 0.123. The normalized spacial score (nSPS) is 11.2. The molecule has 3 aromatic heterocycles. The van der Waals surface area contributed by atoms with Crippen molar-refractivity contribution in [1.29, 1.82) is 0 Å². The van der Waals surface area contributed by atoms with Gasteiger partial charge in [0.25, 0.3) is 0 Å². The van der Waals surface area contributed by atoms with E-state index in [1.54, 1.807) is 6.26 Å².